The number of benzene rings is 2. The van der Waals surface area contributed by atoms with E-state index in [-0.39, 0.29) is 18.8 Å². The van der Waals surface area contributed by atoms with Gasteiger partial charge in [-0.05, 0) is 61.0 Å². The van der Waals surface area contributed by atoms with Gasteiger partial charge in [0, 0.05) is 17.3 Å². The number of nitrogens with one attached hydrogen (secondary N) is 1. The fourth-order valence-electron chi connectivity index (χ4n) is 2.81. The fourth-order valence-corrected chi connectivity index (χ4v) is 2.81. The summed E-state index contributed by atoms with van der Waals surface area (Å²) in [6, 6.07) is 13.6. The number of anilines is 1. The number of hydrogen-bond acceptors (Lipinski definition) is 6. The maximum atomic E-state index is 12.5. The number of carbonyl (C=O) groups excluding carboxylic acids is 2. The number of methoxy groups -OCH3 is 1. The van der Waals surface area contributed by atoms with Crippen molar-refractivity contribution in [3.8, 4) is 17.6 Å². The third-order valence-electron chi connectivity index (χ3n) is 4.30. The minimum Gasteiger partial charge on any atom is -0.497 e. The third kappa shape index (κ3) is 4.86. The van der Waals surface area contributed by atoms with E-state index < -0.39 is 11.9 Å². The lowest BCUT2D eigenvalue weighted by atomic mass is 10.0. The molecule has 152 valence electrons. The summed E-state index contributed by atoms with van der Waals surface area (Å²) < 4.78 is 15.8. The number of hydrogen-bond donors (Lipinski definition) is 1. The topological polar surface area (TPSA) is 97.7 Å². The van der Waals surface area contributed by atoms with Gasteiger partial charge in [-0.1, -0.05) is 0 Å². The monoisotopic (exact) mass is 404 g/mol. The van der Waals surface area contributed by atoms with Gasteiger partial charge in [0.2, 0.25) is 0 Å². The SMILES string of the molecule is CCOC(=O)c1ccc(NC(=O)/C(C#N)=C/C2=Cc3ccc(OC)cc3OC2)cc1. The molecule has 7 heteroatoms. The van der Waals surface area contributed by atoms with E-state index in [9.17, 15) is 14.9 Å². The first-order valence-corrected chi connectivity index (χ1v) is 9.25. The van der Waals surface area contributed by atoms with E-state index in [2.05, 4.69) is 5.32 Å². The van der Waals surface area contributed by atoms with E-state index in [0.29, 0.717) is 28.3 Å². The predicted octanol–water partition coefficient (Wildman–Crippen LogP) is 3.74. The maximum absolute atomic E-state index is 12.5. The summed E-state index contributed by atoms with van der Waals surface area (Å²) in [4.78, 5) is 24.2. The zero-order valence-electron chi connectivity index (χ0n) is 16.6. The van der Waals surface area contributed by atoms with Crippen LogP contribution in [0.2, 0.25) is 0 Å². The first-order chi connectivity index (χ1) is 14.5. The Morgan fingerprint density at radius 2 is 2.00 bits per heavy atom. The van der Waals surface area contributed by atoms with Crippen molar-refractivity contribution in [3.63, 3.8) is 0 Å². The van der Waals surface area contributed by atoms with Crippen LogP contribution in [0.25, 0.3) is 6.08 Å². The molecule has 0 saturated carbocycles. The van der Waals surface area contributed by atoms with E-state index in [0.717, 1.165) is 5.56 Å². The molecule has 2 aromatic carbocycles. The molecule has 0 spiro atoms. The Balaban J connectivity index is 1.73. The molecule has 1 heterocycles. The summed E-state index contributed by atoms with van der Waals surface area (Å²) in [7, 11) is 1.58. The van der Waals surface area contributed by atoms with Gasteiger partial charge < -0.3 is 19.5 Å². The number of rotatable bonds is 6. The zero-order chi connectivity index (χ0) is 21.5. The highest BCUT2D eigenvalue weighted by atomic mass is 16.5. The Kier molecular flexibility index (Phi) is 6.50. The summed E-state index contributed by atoms with van der Waals surface area (Å²) in [5.74, 6) is 0.376. The van der Waals surface area contributed by atoms with Crippen molar-refractivity contribution in [2.45, 2.75) is 6.92 Å². The van der Waals surface area contributed by atoms with Gasteiger partial charge in [0.15, 0.2) is 0 Å². The molecule has 1 aliphatic rings. The van der Waals surface area contributed by atoms with Gasteiger partial charge in [0.1, 0.15) is 29.7 Å². The van der Waals surface area contributed by atoms with Crippen molar-refractivity contribution >= 4 is 23.6 Å². The summed E-state index contributed by atoms with van der Waals surface area (Å²) in [6.07, 6.45) is 3.35. The molecule has 30 heavy (non-hydrogen) atoms. The van der Waals surface area contributed by atoms with Gasteiger partial charge in [-0.3, -0.25) is 4.79 Å². The number of fused-ring (bicyclic) bond motifs is 1. The van der Waals surface area contributed by atoms with Gasteiger partial charge in [-0.25, -0.2) is 4.79 Å². The van der Waals surface area contributed by atoms with Gasteiger partial charge >= 0.3 is 5.97 Å². The molecule has 0 bridgehead atoms. The predicted molar refractivity (Wildman–Crippen MR) is 111 cm³/mol. The molecule has 0 saturated heterocycles. The number of amides is 1. The average molecular weight is 404 g/mol. The molecule has 0 atom stereocenters. The molecule has 3 rings (SSSR count). The van der Waals surface area contributed by atoms with Gasteiger partial charge in [0.25, 0.3) is 5.91 Å². The van der Waals surface area contributed by atoms with Crippen LogP contribution in [0.1, 0.15) is 22.8 Å². The van der Waals surface area contributed by atoms with E-state index >= 15 is 0 Å². The van der Waals surface area contributed by atoms with Crippen LogP contribution in [0, 0.1) is 11.3 Å². The fraction of sp³-hybridized carbons (Fsp3) is 0.174. The van der Waals surface area contributed by atoms with Crippen LogP contribution in [-0.2, 0) is 9.53 Å². The molecule has 1 amide bonds. The highest BCUT2D eigenvalue weighted by molar-refractivity contribution is 6.07. The van der Waals surface area contributed by atoms with Crippen LogP contribution >= 0.6 is 0 Å². The summed E-state index contributed by atoms with van der Waals surface area (Å²) in [5, 5.41) is 12.1. The molecule has 0 aliphatic carbocycles. The Bertz CT molecular complexity index is 1060. The van der Waals surface area contributed by atoms with E-state index in [1.165, 1.54) is 6.08 Å². The summed E-state index contributed by atoms with van der Waals surface area (Å²) in [5.41, 5.74) is 2.31. The van der Waals surface area contributed by atoms with E-state index in [1.54, 1.807) is 44.4 Å². The third-order valence-corrected chi connectivity index (χ3v) is 4.30. The second-order valence-electron chi connectivity index (χ2n) is 6.33. The van der Waals surface area contributed by atoms with E-state index in [4.69, 9.17) is 14.2 Å². The van der Waals surface area contributed by atoms with Crippen molar-refractivity contribution in [1.82, 2.24) is 0 Å². The lowest BCUT2D eigenvalue weighted by Gasteiger charge is -2.17. The van der Waals surface area contributed by atoms with E-state index in [1.807, 2.05) is 24.3 Å². The number of esters is 1. The lowest BCUT2D eigenvalue weighted by molar-refractivity contribution is -0.112. The second-order valence-corrected chi connectivity index (χ2v) is 6.33. The van der Waals surface area contributed by atoms with Crippen LogP contribution in [0.15, 0.2) is 59.7 Å². The highest BCUT2D eigenvalue weighted by Gasteiger charge is 2.15. The number of nitriles is 1. The van der Waals surface area contributed by atoms with Crippen LogP contribution < -0.4 is 14.8 Å². The first-order valence-electron chi connectivity index (χ1n) is 9.25. The van der Waals surface area contributed by atoms with Crippen molar-refractivity contribution in [2.24, 2.45) is 0 Å². The Labute approximate surface area is 174 Å². The Morgan fingerprint density at radius 1 is 1.23 bits per heavy atom. The van der Waals surface area contributed by atoms with Crippen LogP contribution in [0.5, 0.6) is 11.5 Å². The normalized spacial score (nSPS) is 12.6. The van der Waals surface area contributed by atoms with Gasteiger partial charge in [0.05, 0.1) is 19.3 Å². The summed E-state index contributed by atoms with van der Waals surface area (Å²) >= 11 is 0. The zero-order valence-corrected chi connectivity index (χ0v) is 16.6. The molecule has 1 aliphatic heterocycles. The summed E-state index contributed by atoms with van der Waals surface area (Å²) in [6.45, 7) is 2.24. The lowest BCUT2D eigenvalue weighted by Crippen LogP contribution is -2.15. The van der Waals surface area contributed by atoms with Gasteiger partial charge in [-0.2, -0.15) is 5.26 Å². The highest BCUT2D eigenvalue weighted by Crippen LogP contribution is 2.30. The molecular formula is C23H20N2O5. The number of ether oxygens (including phenoxy) is 3. The van der Waals surface area contributed by atoms with Crippen LogP contribution in [0.3, 0.4) is 0 Å². The molecule has 0 fully saturated rings. The van der Waals surface area contributed by atoms with Crippen molar-refractivity contribution in [2.75, 3.05) is 25.6 Å². The van der Waals surface area contributed by atoms with Gasteiger partial charge in [-0.15, -0.1) is 0 Å². The second kappa shape index (κ2) is 9.43. The Hall–Kier alpha value is -4.05. The molecule has 0 aromatic heterocycles. The van der Waals surface area contributed by atoms with Crippen molar-refractivity contribution in [3.05, 3.63) is 70.8 Å². The molecule has 0 unspecified atom stereocenters. The van der Waals surface area contributed by atoms with Crippen LogP contribution in [-0.4, -0.2) is 32.2 Å². The number of carbonyl (C=O) groups is 2. The molecule has 2 aromatic rings. The average Bonchev–Trinajstić information content (AvgIpc) is 2.77. The largest absolute Gasteiger partial charge is 0.497 e. The molecular weight excluding hydrogens is 384 g/mol. The van der Waals surface area contributed by atoms with Crippen LogP contribution in [0.4, 0.5) is 5.69 Å². The quantitative estimate of drug-likeness (QED) is 0.448. The Morgan fingerprint density at radius 3 is 2.67 bits per heavy atom. The minimum atomic E-state index is -0.553. The van der Waals surface area contributed by atoms with Crippen molar-refractivity contribution < 1.29 is 23.8 Å². The number of nitrogens with zero attached hydrogens (tertiary/aromatic N) is 1. The standard InChI is InChI=1S/C23H20N2O5/c1-3-29-23(27)16-4-7-19(8-5-16)25-22(26)18(13-24)11-15-10-17-6-9-20(28-2)12-21(17)30-14-15/h4-12H,3,14H2,1-2H3,(H,25,26)/b18-11+. The molecule has 7 nitrogen and oxygen atoms in total. The maximum Gasteiger partial charge on any atom is 0.338 e. The minimum absolute atomic E-state index is 0.0590. The first kappa shape index (κ1) is 20.7. The molecule has 1 N–H and O–H groups in total. The molecule has 0 radical (unpaired) electrons. The smallest absolute Gasteiger partial charge is 0.338 e. The van der Waals surface area contributed by atoms with Crippen molar-refractivity contribution in [1.29, 1.82) is 5.26 Å².